The van der Waals surface area contributed by atoms with Crippen LogP contribution >= 0.6 is 0 Å². The third-order valence-electron chi connectivity index (χ3n) is 4.15. The van der Waals surface area contributed by atoms with Gasteiger partial charge in [0.15, 0.2) is 0 Å². The van der Waals surface area contributed by atoms with Gasteiger partial charge in [-0.2, -0.15) is 0 Å². The summed E-state index contributed by atoms with van der Waals surface area (Å²) in [7, 11) is 1.83. The van der Waals surface area contributed by atoms with Gasteiger partial charge in [-0.25, -0.2) is 0 Å². The van der Waals surface area contributed by atoms with Crippen LogP contribution in [0.1, 0.15) is 45.4 Å². The van der Waals surface area contributed by atoms with Crippen molar-refractivity contribution in [1.29, 1.82) is 0 Å². The van der Waals surface area contributed by atoms with E-state index in [2.05, 4.69) is 17.1 Å². The van der Waals surface area contributed by atoms with Gasteiger partial charge < -0.3 is 10.1 Å². The Morgan fingerprint density at radius 3 is 2.76 bits per heavy atom. The van der Waals surface area contributed by atoms with E-state index in [0.29, 0.717) is 6.04 Å². The molecule has 2 rings (SSSR count). The number of nitrogens with zero attached hydrogens (tertiary/aromatic N) is 1. The van der Waals surface area contributed by atoms with E-state index < -0.39 is 0 Å². The molecule has 0 radical (unpaired) electrons. The summed E-state index contributed by atoms with van der Waals surface area (Å²) in [4.78, 5) is 2.67. The standard InChI is InChI=1S/C14H28N2O/c1-12-6-4-3-5-9-16(12)14(11-17-2)10-15-13-7-8-13/h12-15H,3-11H2,1-2H3. The molecule has 3 heteroatoms. The molecule has 0 bridgehead atoms. The second-order valence-electron chi connectivity index (χ2n) is 5.73. The fourth-order valence-electron chi connectivity index (χ4n) is 2.89. The van der Waals surface area contributed by atoms with Crippen molar-refractivity contribution in [3.63, 3.8) is 0 Å². The summed E-state index contributed by atoms with van der Waals surface area (Å²) in [6, 6.07) is 2.09. The summed E-state index contributed by atoms with van der Waals surface area (Å²) in [5, 5.41) is 3.66. The van der Waals surface area contributed by atoms with Gasteiger partial charge in [0.25, 0.3) is 0 Å². The molecule has 1 N–H and O–H groups in total. The van der Waals surface area contributed by atoms with Gasteiger partial charge in [0, 0.05) is 31.8 Å². The first-order chi connectivity index (χ1) is 8.31. The Morgan fingerprint density at radius 1 is 1.24 bits per heavy atom. The van der Waals surface area contributed by atoms with Crippen LogP contribution in [0.25, 0.3) is 0 Å². The normalized spacial score (nSPS) is 28.9. The van der Waals surface area contributed by atoms with Crippen LogP contribution in [0.4, 0.5) is 0 Å². The number of rotatable bonds is 6. The Kier molecular flexibility index (Phi) is 5.26. The molecule has 1 aliphatic carbocycles. The first-order valence-corrected chi connectivity index (χ1v) is 7.29. The lowest BCUT2D eigenvalue weighted by Gasteiger charge is -2.35. The van der Waals surface area contributed by atoms with Gasteiger partial charge in [0.1, 0.15) is 0 Å². The second kappa shape index (κ2) is 6.72. The molecular weight excluding hydrogens is 212 g/mol. The molecule has 1 heterocycles. The maximum absolute atomic E-state index is 5.42. The predicted octanol–water partition coefficient (Wildman–Crippen LogP) is 2.02. The number of hydrogen-bond acceptors (Lipinski definition) is 3. The molecule has 0 aromatic carbocycles. The summed E-state index contributed by atoms with van der Waals surface area (Å²) in [5.74, 6) is 0. The fourth-order valence-corrected chi connectivity index (χ4v) is 2.89. The summed E-state index contributed by atoms with van der Waals surface area (Å²) in [6.07, 6.45) is 8.24. The molecule has 2 unspecified atom stereocenters. The molecule has 3 nitrogen and oxygen atoms in total. The minimum Gasteiger partial charge on any atom is -0.383 e. The molecule has 1 aliphatic heterocycles. The largest absolute Gasteiger partial charge is 0.383 e. The molecule has 2 atom stereocenters. The molecule has 0 aromatic heterocycles. The summed E-state index contributed by atoms with van der Waals surface area (Å²) >= 11 is 0. The van der Waals surface area contributed by atoms with Crippen molar-refractivity contribution in [2.24, 2.45) is 0 Å². The summed E-state index contributed by atoms with van der Waals surface area (Å²) < 4.78 is 5.42. The lowest BCUT2D eigenvalue weighted by atomic mass is 10.1. The van der Waals surface area contributed by atoms with Crippen LogP contribution in [0.3, 0.4) is 0 Å². The maximum atomic E-state index is 5.42. The van der Waals surface area contributed by atoms with E-state index in [4.69, 9.17) is 4.74 Å². The lowest BCUT2D eigenvalue weighted by Crippen LogP contribution is -2.49. The maximum Gasteiger partial charge on any atom is 0.0630 e. The zero-order chi connectivity index (χ0) is 12.1. The van der Waals surface area contributed by atoms with Gasteiger partial charge in [0.2, 0.25) is 0 Å². The monoisotopic (exact) mass is 240 g/mol. The van der Waals surface area contributed by atoms with Crippen molar-refractivity contribution in [3.8, 4) is 0 Å². The summed E-state index contributed by atoms with van der Waals surface area (Å²) in [5.41, 5.74) is 0. The number of likely N-dealkylation sites (tertiary alicyclic amines) is 1. The van der Waals surface area contributed by atoms with Gasteiger partial charge in [-0.15, -0.1) is 0 Å². The highest BCUT2D eigenvalue weighted by Gasteiger charge is 2.27. The third kappa shape index (κ3) is 4.23. The number of methoxy groups -OCH3 is 1. The molecule has 100 valence electrons. The Morgan fingerprint density at radius 2 is 2.06 bits per heavy atom. The van der Waals surface area contributed by atoms with E-state index in [1.54, 1.807) is 0 Å². The van der Waals surface area contributed by atoms with Crippen molar-refractivity contribution >= 4 is 0 Å². The van der Waals surface area contributed by atoms with E-state index in [1.807, 2.05) is 7.11 Å². The Hall–Kier alpha value is -0.120. The quantitative estimate of drug-likeness (QED) is 0.769. The number of hydrogen-bond donors (Lipinski definition) is 1. The third-order valence-corrected chi connectivity index (χ3v) is 4.15. The Balaban J connectivity index is 1.86. The smallest absolute Gasteiger partial charge is 0.0630 e. The lowest BCUT2D eigenvalue weighted by molar-refractivity contribution is 0.0664. The minimum absolute atomic E-state index is 0.564. The molecule has 0 spiro atoms. The van der Waals surface area contributed by atoms with Crippen molar-refractivity contribution in [2.75, 3.05) is 26.8 Å². The highest BCUT2D eigenvalue weighted by Crippen LogP contribution is 2.21. The van der Waals surface area contributed by atoms with Gasteiger partial charge in [-0.3, -0.25) is 4.90 Å². The van der Waals surface area contributed by atoms with Crippen LogP contribution in [0.5, 0.6) is 0 Å². The van der Waals surface area contributed by atoms with Crippen molar-refractivity contribution in [1.82, 2.24) is 10.2 Å². The molecule has 1 saturated heterocycles. The first kappa shape index (κ1) is 13.3. The van der Waals surface area contributed by atoms with Gasteiger partial charge in [-0.05, 0) is 39.2 Å². The Bertz CT molecular complexity index is 218. The predicted molar refractivity (Wildman–Crippen MR) is 71.3 cm³/mol. The molecule has 2 aliphatic rings. The Labute approximate surface area is 106 Å². The highest BCUT2D eigenvalue weighted by atomic mass is 16.5. The van der Waals surface area contributed by atoms with E-state index >= 15 is 0 Å². The van der Waals surface area contributed by atoms with Crippen molar-refractivity contribution in [3.05, 3.63) is 0 Å². The molecule has 0 aromatic rings. The average molecular weight is 240 g/mol. The van der Waals surface area contributed by atoms with Crippen LogP contribution < -0.4 is 5.32 Å². The zero-order valence-corrected chi connectivity index (χ0v) is 11.5. The van der Waals surface area contributed by atoms with Crippen LogP contribution in [-0.4, -0.2) is 49.8 Å². The van der Waals surface area contributed by atoms with Gasteiger partial charge in [-0.1, -0.05) is 12.8 Å². The summed E-state index contributed by atoms with van der Waals surface area (Å²) in [6.45, 7) is 5.60. The fraction of sp³-hybridized carbons (Fsp3) is 1.00. The molecular formula is C14H28N2O. The van der Waals surface area contributed by atoms with Gasteiger partial charge in [0.05, 0.1) is 6.61 Å². The topological polar surface area (TPSA) is 24.5 Å². The van der Waals surface area contributed by atoms with E-state index in [-0.39, 0.29) is 0 Å². The molecule has 2 fully saturated rings. The SMILES string of the molecule is COCC(CNC1CC1)N1CCCCCC1C. The van der Waals surface area contributed by atoms with E-state index in [9.17, 15) is 0 Å². The number of ether oxygens (including phenoxy) is 1. The second-order valence-corrected chi connectivity index (χ2v) is 5.73. The number of nitrogens with one attached hydrogen (secondary N) is 1. The van der Waals surface area contributed by atoms with Crippen LogP contribution in [0.2, 0.25) is 0 Å². The van der Waals surface area contributed by atoms with E-state index in [1.165, 1.54) is 45.1 Å². The van der Waals surface area contributed by atoms with Crippen LogP contribution in [-0.2, 0) is 4.74 Å². The van der Waals surface area contributed by atoms with Crippen molar-refractivity contribution < 1.29 is 4.74 Å². The zero-order valence-electron chi connectivity index (χ0n) is 11.5. The van der Waals surface area contributed by atoms with Crippen LogP contribution in [0.15, 0.2) is 0 Å². The van der Waals surface area contributed by atoms with Crippen molar-refractivity contribution in [2.45, 2.75) is 63.6 Å². The molecule has 1 saturated carbocycles. The van der Waals surface area contributed by atoms with E-state index in [0.717, 1.165) is 25.2 Å². The van der Waals surface area contributed by atoms with Crippen LogP contribution in [0, 0.1) is 0 Å². The first-order valence-electron chi connectivity index (χ1n) is 7.29. The minimum atomic E-state index is 0.564. The average Bonchev–Trinajstić information content (AvgIpc) is 3.13. The van der Waals surface area contributed by atoms with Gasteiger partial charge >= 0.3 is 0 Å². The highest BCUT2D eigenvalue weighted by molar-refractivity contribution is 4.86. The molecule has 0 amide bonds. The molecule has 17 heavy (non-hydrogen) atoms.